The van der Waals surface area contributed by atoms with E-state index in [-0.39, 0.29) is 11.3 Å². The molecule has 0 spiro atoms. The summed E-state index contributed by atoms with van der Waals surface area (Å²) in [5.74, 6) is -1.51. The number of hydrogen-bond donors (Lipinski definition) is 1. The zero-order valence-electron chi connectivity index (χ0n) is 17.9. The predicted octanol–water partition coefficient (Wildman–Crippen LogP) is 4.86. The zero-order valence-corrected chi connectivity index (χ0v) is 19.5. The highest BCUT2D eigenvalue weighted by atomic mass is 79.9. The summed E-state index contributed by atoms with van der Waals surface area (Å²) < 4.78 is 18.1. The van der Waals surface area contributed by atoms with Gasteiger partial charge in [0.2, 0.25) is 5.54 Å². The smallest absolute Gasteiger partial charge is 0.283 e. The normalized spacial score (nSPS) is 24.2. The minimum absolute atomic E-state index is 0.120. The highest BCUT2D eigenvalue weighted by Gasteiger charge is 2.72. The molecule has 3 aromatic rings. The van der Waals surface area contributed by atoms with Crippen LogP contribution in [0.4, 0.5) is 21.5 Å². The molecular weight excluding hydrogens is 487 g/mol. The van der Waals surface area contributed by atoms with Crippen molar-refractivity contribution in [3.8, 4) is 0 Å². The number of benzene rings is 3. The number of halogens is 2. The summed E-state index contributed by atoms with van der Waals surface area (Å²) in [6.45, 7) is 1.57. The lowest BCUT2D eigenvalue weighted by Gasteiger charge is -2.39. The van der Waals surface area contributed by atoms with Gasteiger partial charge >= 0.3 is 0 Å². The fourth-order valence-electron chi connectivity index (χ4n) is 4.59. The largest absolute Gasteiger partial charge is 0.362 e. The molecule has 0 aromatic heterocycles. The van der Waals surface area contributed by atoms with Crippen LogP contribution in [0.5, 0.6) is 0 Å². The summed E-state index contributed by atoms with van der Waals surface area (Å²) in [5, 5.41) is 8.72. The molecule has 166 valence electrons. The van der Waals surface area contributed by atoms with Crippen LogP contribution in [0.3, 0.4) is 0 Å². The standard InChI is InChI=1S/C25H20BrFN4O2/c1-16-25(28-20-14-8-7-13-19(20)26,23(33)31(29-16)17-10-4-3-5-11-17)24(27)18-12-6-9-15-21(18)30(2)22(24)32/h3-15,28H,1-2H3/t24-,25+/m1/s1. The third-order valence-electron chi connectivity index (χ3n) is 6.26. The Morgan fingerprint density at radius 2 is 1.55 bits per heavy atom. The number of alkyl halides is 1. The van der Waals surface area contributed by atoms with Crippen molar-refractivity contribution >= 4 is 50.5 Å². The molecule has 2 heterocycles. The molecule has 0 aliphatic carbocycles. The van der Waals surface area contributed by atoms with Crippen LogP contribution >= 0.6 is 15.9 Å². The molecule has 2 amide bonds. The second-order valence-electron chi connectivity index (χ2n) is 8.03. The molecule has 2 atom stereocenters. The molecule has 0 unspecified atom stereocenters. The molecule has 0 bridgehead atoms. The fraction of sp³-hybridized carbons (Fsp3) is 0.160. The van der Waals surface area contributed by atoms with Crippen molar-refractivity contribution in [3.05, 3.63) is 88.9 Å². The van der Waals surface area contributed by atoms with Gasteiger partial charge in [0.05, 0.1) is 17.1 Å². The highest BCUT2D eigenvalue weighted by molar-refractivity contribution is 9.10. The highest BCUT2D eigenvalue weighted by Crippen LogP contribution is 2.53. The van der Waals surface area contributed by atoms with Crippen molar-refractivity contribution in [2.45, 2.75) is 18.1 Å². The number of fused-ring (bicyclic) bond motifs is 1. The van der Waals surface area contributed by atoms with Crippen molar-refractivity contribution < 1.29 is 14.0 Å². The lowest BCUT2D eigenvalue weighted by Crippen LogP contribution is -2.67. The lowest BCUT2D eigenvalue weighted by molar-refractivity contribution is -0.137. The summed E-state index contributed by atoms with van der Waals surface area (Å²) in [5.41, 5.74) is -3.22. The number of likely N-dealkylation sites (N-methyl/N-ethyl adjacent to an activating group) is 1. The summed E-state index contributed by atoms with van der Waals surface area (Å²) in [6, 6.07) is 22.5. The van der Waals surface area contributed by atoms with E-state index in [1.54, 1.807) is 73.7 Å². The summed E-state index contributed by atoms with van der Waals surface area (Å²) in [4.78, 5) is 28.9. The average molecular weight is 507 g/mol. The molecule has 3 aromatic carbocycles. The third-order valence-corrected chi connectivity index (χ3v) is 6.95. The first kappa shape index (κ1) is 21.3. The first-order chi connectivity index (χ1) is 15.8. The van der Waals surface area contributed by atoms with E-state index in [4.69, 9.17) is 0 Å². The van der Waals surface area contributed by atoms with Gasteiger partial charge in [-0.3, -0.25) is 9.59 Å². The van der Waals surface area contributed by atoms with Gasteiger partial charge in [0.1, 0.15) is 0 Å². The van der Waals surface area contributed by atoms with Crippen LogP contribution in [-0.2, 0) is 15.3 Å². The van der Waals surface area contributed by atoms with E-state index >= 15 is 4.39 Å². The quantitative estimate of drug-likeness (QED) is 0.549. The topological polar surface area (TPSA) is 65.0 Å². The molecule has 0 radical (unpaired) electrons. The third kappa shape index (κ3) is 2.80. The lowest BCUT2D eigenvalue weighted by atomic mass is 9.73. The van der Waals surface area contributed by atoms with Crippen LogP contribution in [0.1, 0.15) is 12.5 Å². The van der Waals surface area contributed by atoms with Gasteiger partial charge in [-0.25, -0.2) is 4.39 Å². The van der Waals surface area contributed by atoms with Gasteiger partial charge in [0.25, 0.3) is 17.5 Å². The Balaban J connectivity index is 1.77. The maximum atomic E-state index is 17.5. The average Bonchev–Trinajstić information content (AvgIpc) is 3.21. The molecule has 2 aliphatic heterocycles. The number of anilines is 3. The van der Waals surface area contributed by atoms with Gasteiger partial charge < -0.3 is 10.2 Å². The molecule has 0 fully saturated rings. The van der Waals surface area contributed by atoms with E-state index in [9.17, 15) is 9.59 Å². The van der Waals surface area contributed by atoms with E-state index in [0.717, 1.165) is 5.01 Å². The van der Waals surface area contributed by atoms with Crippen LogP contribution in [0.25, 0.3) is 0 Å². The second kappa shape index (κ2) is 7.52. The molecule has 5 rings (SSSR count). The fourth-order valence-corrected chi connectivity index (χ4v) is 4.98. The Kier molecular flexibility index (Phi) is 4.86. The second-order valence-corrected chi connectivity index (χ2v) is 8.89. The van der Waals surface area contributed by atoms with E-state index in [1.165, 1.54) is 11.9 Å². The zero-order chi connectivity index (χ0) is 23.4. The van der Waals surface area contributed by atoms with Crippen LogP contribution in [-0.4, -0.2) is 30.1 Å². The van der Waals surface area contributed by atoms with Gasteiger partial charge in [-0.15, -0.1) is 0 Å². The van der Waals surface area contributed by atoms with Gasteiger partial charge in [-0.05, 0) is 53.2 Å². The Morgan fingerprint density at radius 3 is 2.27 bits per heavy atom. The minimum atomic E-state index is -2.73. The maximum Gasteiger partial charge on any atom is 0.283 e. The molecule has 1 N–H and O–H groups in total. The van der Waals surface area contributed by atoms with Gasteiger partial charge in [0, 0.05) is 22.8 Å². The molecule has 2 aliphatic rings. The summed E-state index contributed by atoms with van der Waals surface area (Å²) in [7, 11) is 1.51. The molecule has 0 saturated heterocycles. The van der Waals surface area contributed by atoms with Gasteiger partial charge in [0.15, 0.2) is 0 Å². The first-order valence-corrected chi connectivity index (χ1v) is 11.2. The number of rotatable bonds is 4. The summed E-state index contributed by atoms with van der Waals surface area (Å²) in [6.07, 6.45) is 0. The van der Waals surface area contributed by atoms with E-state index < -0.39 is 23.0 Å². The Labute approximate surface area is 198 Å². The van der Waals surface area contributed by atoms with Crippen molar-refractivity contribution in [1.29, 1.82) is 0 Å². The number of para-hydroxylation sites is 3. The number of nitrogens with one attached hydrogen (secondary N) is 1. The molecular formula is C25H20BrFN4O2. The monoisotopic (exact) mass is 506 g/mol. The number of carbonyl (C=O) groups excluding carboxylic acids is 2. The number of hydrogen-bond acceptors (Lipinski definition) is 4. The Hall–Kier alpha value is -3.52. The van der Waals surface area contributed by atoms with E-state index in [0.29, 0.717) is 21.5 Å². The Bertz CT molecular complexity index is 1310. The van der Waals surface area contributed by atoms with Gasteiger partial charge in [-0.1, -0.05) is 48.5 Å². The molecule has 0 saturated carbocycles. The van der Waals surface area contributed by atoms with Crippen LogP contribution in [0.15, 0.2) is 88.4 Å². The number of hydrazone groups is 1. The van der Waals surface area contributed by atoms with E-state index in [1.807, 2.05) is 12.1 Å². The summed E-state index contributed by atoms with van der Waals surface area (Å²) >= 11 is 3.47. The van der Waals surface area contributed by atoms with Crippen LogP contribution in [0.2, 0.25) is 0 Å². The number of amides is 2. The molecule has 6 nitrogen and oxygen atoms in total. The van der Waals surface area contributed by atoms with Crippen LogP contribution in [0, 0.1) is 0 Å². The van der Waals surface area contributed by atoms with Gasteiger partial charge in [-0.2, -0.15) is 10.1 Å². The van der Waals surface area contributed by atoms with Crippen molar-refractivity contribution in [3.63, 3.8) is 0 Å². The first-order valence-electron chi connectivity index (χ1n) is 10.4. The molecule has 33 heavy (non-hydrogen) atoms. The number of carbonyl (C=O) groups is 2. The molecule has 8 heteroatoms. The Morgan fingerprint density at radius 1 is 0.909 bits per heavy atom. The maximum absolute atomic E-state index is 17.5. The SMILES string of the molecule is CC1=NN(c2ccccc2)C(=O)[C@]1(Nc1ccccc1Br)[C@]1(F)C(=O)N(C)c2ccccc21. The van der Waals surface area contributed by atoms with Crippen molar-refractivity contribution in [2.75, 3.05) is 22.3 Å². The minimum Gasteiger partial charge on any atom is -0.362 e. The van der Waals surface area contributed by atoms with Crippen molar-refractivity contribution in [1.82, 2.24) is 0 Å². The van der Waals surface area contributed by atoms with Crippen molar-refractivity contribution in [2.24, 2.45) is 5.10 Å². The van der Waals surface area contributed by atoms with Crippen LogP contribution < -0.4 is 15.2 Å². The number of nitrogens with zero attached hydrogens (tertiary/aromatic N) is 3. The predicted molar refractivity (Wildman–Crippen MR) is 130 cm³/mol. The van der Waals surface area contributed by atoms with E-state index in [2.05, 4.69) is 26.3 Å².